The van der Waals surface area contributed by atoms with Crippen molar-refractivity contribution in [2.24, 2.45) is 0 Å². The normalized spacial score (nSPS) is 11.8. The van der Waals surface area contributed by atoms with E-state index in [2.05, 4.69) is 0 Å². The zero-order valence-corrected chi connectivity index (χ0v) is 12.6. The quantitative estimate of drug-likeness (QED) is 0.747. The summed E-state index contributed by atoms with van der Waals surface area (Å²) in [5.74, 6) is 1.10. The number of rotatable bonds is 6. The molecule has 1 aromatic rings. The van der Waals surface area contributed by atoms with Crippen LogP contribution in [0, 0.1) is 0 Å². The molecule has 0 amide bonds. The van der Waals surface area contributed by atoms with Crippen LogP contribution in [0.25, 0.3) is 6.08 Å². The Hall–Kier alpha value is -0.870. The molecule has 0 saturated carbocycles. The lowest BCUT2D eigenvalue weighted by Gasteiger charge is -2.19. The van der Waals surface area contributed by atoms with Crippen LogP contribution in [0.15, 0.2) is 24.3 Å². The fraction of sp³-hybridized carbons (Fsp3) is 0.333. The lowest BCUT2D eigenvalue weighted by atomic mass is 10.2. The van der Waals surface area contributed by atoms with Gasteiger partial charge in [-0.3, -0.25) is 0 Å². The number of ether oxygens (including phenoxy) is 1. The van der Waals surface area contributed by atoms with Crippen molar-refractivity contribution in [2.45, 2.75) is 6.92 Å². The highest BCUT2D eigenvalue weighted by atomic mass is 32.5. The second kappa shape index (κ2) is 6.90. The fourth-order valence-corrected chi connectivity index (χ4v) is 2.26. The van der Waals surface area contributed by atoms with Gasteiger partial charge in [0.15, 0.2) is 11.5 Å². The Morgan fingerprint density at radius 2 is 1.78 bits per heavy atom. The predicted octanol–water partition coefficient (Wildman–Crippen LogP) is 3.62. The molecule has 6 heteroatoms. The highest BCUT2D eigenvalue weighted by molar-refractivity contribution is 8.07. The maximum absolute atomic E-state index is 5.59. The molecule has 1 rings (SSSR count). The smallest absolute Gasteiger partial charge is 0.380 e. The molecule has 0 unspecified atom stereocenters. The van der Waals surface area contributed by atoms with Crippen molar-refractivity contribution in [3.8, 4) is 11.5 Å². The van der Waals surface area contributed by atoms with E-state index in [1.54, 1.807) is 13.2 Å². The van der Waals surface area contributed by atoms with Gasteiger partial charge in [-0.1, -0.05) is 18.2 Å². The average Bonchev–Trinajstić information content (AvgIpc) is 2.40. The Bertz CT molecular complexity index is 465. The van der Waals surface area contributed by atoms with Crippen molar-refractivity contribution in [2.75, 3.05) is 21.3 Å². The summed E-state index contributed by atoms with van der Waals surface area (Å²) in [6.07, 6.45) is 3.92. The molecule has 0 bridgehead atoms. The monoisotopic (exact) mass is 288 g/mol. The summed E-state index contributed by atoms with van der Waals surface area (Å²) in [6.45, 7) is -0.787. The van der Waals surface area contributed by atoms with E-state index in [0.29, 0.717) is 11.5 Å². The second-order valence-electron chi connectivity index (χ2n) is 3.31. The Labute approximate surface area is 113 Å². The maximum Gasteiger partial charge on any atom is 0.380 e. The Balaban J connectivity index is 3.06. The van der Waals surface area contributed by atoms with E-state index in [0.717, 1.165) is 5.56 Å². The molecular weight excluding hydrogens is 271 g/mol. The first-order chi connectivity index (χ1) is 8.58. The van der Waals surface area contributed by atoms with Gasteiger partial charge in [0.2, 0.25) is 0 Å². The highest BCUT2D eigenvalue weighted by Crippen LogP contribution is 2.50. The molecular formula is C12H17O4PS. The molecule has 1 aromatic carbocycles. The van der Waals surface area contributed by atoms with Crippen LogP contribution >= 0.6 is 6.72 Å². The second-order valence-corrected chi connectivity index (χ2v) is 6.46. The molecule has 0 aliphatic heterocycles. The summed E-state index contributed by atoms with van der Waals surface area (Å²) in [5, 5.41) is 0. The van der Waals surface area contributed by atoms with Crippen LogP contribution in [0.3, 0.4) is 0 Å². The first-order valence-electron chi connectivity index (χ1n) is 5.30. The van der Waals surface area contributed by atoms with Gasteiger partial charge in [-0.15, -0.1) is 0 Å². The zero-order chi connectivity index (χ0) is 13.6. The number of methoxy groups -OCH3 is 1. The SMILES string of the molecule is C/C=C/c1ccc(OP(=S)(OC)OC)c(OC)c1. The Morgan fingerprint density at radius 1 is 1.11 bits per heavy atom. The Morgan fingerprint density at radius 3 is 2.28 bits per heavy atom. The van der Waals surface area contributed by atoms with Gasteiger partial charge < -0.3 is 18.3 Å². The van der Waals surface area contributed by atoms with Crippen LogP contribution in [0.4, 0.5) is 0 Å². The molecule has 4 nitrogen and oxygen atoms in total. The summed E-state index contributed by atoms with van der Waals surface area (Å²) < 4.78 is 21.0. The third-order valence-electron chi connectivity index (χ3n) is 2.20. The molecule has 0 atom stereocenters. The van der Waals surface area contributed by atoms with E-state index in [1.165, 1.54) is 14.2 Å². The topological polar surface area (TPSA) is 36.9 Å². The van der Waals surface area contributed by atoms with Gasteiger partial charge in [-0.2, -0.15) is 0 Å². The fourth-order valence-electron chi connectivity index (χ4n) is 1.33. The van der Waals surface area contributed by atoms with Crippen molar-refractivity contribution in [1.82, 2.24) is 0 Å². The van der Waals surface area contributed by atoms with Gasteiger partial charge in [-0.05, 0) is 24.6 Å². The number of benzene rings is 1. The van der Waals surface area contributed by atoms with Gasteiger partial charge >= 0.3 is 6.72 Å². The molecule has 0 heterocycles. The van der Waals surface area contributed by atoms with Gasteiger partial charge in [0.05, 0.1) is 7.11 Å². The van der Waals surface area contributed by atoms with Crippen LogP contribution in [0.1, 0.15) is 12.5 Å². The van der Waals surface area contributed by atoms with E-state index < -0.39 is 6.72 Å². The molecule has 0 spiro atoms. The van der Waals surface area contributed by atoms with E-state index in [1.807, 2.05) is 31.2 Å². The van der Waals surface area contributed by atoms with Gasteiger partial charge in [0.1, 0.15) is 0 Å². The molecule has 18 heavy (non-hydrogen) atoms. The summed E-state index contributed by atoms with van der Waals surface area (Å²) in [6, 6.07) is 5.55. The minimum absolute atomic E-state index is 0.512. The van der Waals surface area contributed by atoms with Crippen molar-refractivity contribution in [3.05, 3.63) is 29.8 Å². The standard InChI is InChI=1S/C12H17O4PS/c1-5-6-10-7-8-11(12(9-10)13-2)16-17(18,14-3)15-4/h5-9H,1-4H3/b6-5+. The molecule has 0 N–H and O–H groups in total. The lowest BCUT2D eigenvalue weighted by molar-refractivity contribution is 0.268. The Kier molecular flexibility index (Phi) is 5.82. The summed E-state index contributed by atoms with van der Waals surface area (Å²) in [4.78, 5) is 0. The minimum Gasteiger partial charge on any atom is -0.493 e. The zero-order valence-electron chi connectivity index (χ0n) is 10.9. The van der Waals surface area contributed by atoms with Gasteiger partial charge in [0.25, 0.3) is 0 Å². The lowest BCUT2D eigenvalue weighted by Crippen LogP contribution is -1.98. The van der Waals surface area contributed by atoms with Crippen LogP contribution in [-0.2, 0) is 20.9 Å². The third-order valence-corrected chi connectivity index (χ3v) is 4.64. The summed E-state index contributed by atoms with van der Waals surface area (Å²) in [7, 11) is 4.50. The summed E-state index contributed by atoms with van der Waals surface area (Å²) in [5.41, 5.74) is 1.02. The molecule has 0 aliphatic carbocycles. The summed E-state index contributed by atoms with van der Waals surface area (Å²) >= 11 is 5.15. The van der Waals surface area contributed by atoms with Crippen molar-refractivity contribution < 1.29 is 18.3 Å². The predicted molar refractivity (Wildman–Crippen MR) is 76.6 cm³/mol. The van der Waals surface area contributed by atoms with Crippen molar-refractivity contribution in [1.29, 1.82) is 0 Å². The van der Waals surface area contributed by atoms with Crippen LogP contribution in [0.5, 0.6) is 11.5 Å². The minimum atomic E-state index is -2.74. The first-order valence-corrected chi connectivity index (χ1v) is 7.86. The van der Waals surface area contributed by atoms with Crippen LogP contribution in [0.2, 0.25) is 0 Å². The van der Waals surface area contributed by atoms with Crippen LogP contribution in [-0.4, -0.2) is 21.3 Å². The molecule has 0 aliphatic rings. The molecule has 100 valence electrons. The van der Waals surface area contributed by atoms with Gasteiger partial charge in [0, 0.05) is 26.0 Å². The van der Waals surface area contributed by atoms with Gasteiger partial charge in [-0.25, -0.2) is 0 Å². The number of hydrogen-bond donors (Lipinski definition) is 0. The third kappa shape index (κ3) is 3.82. The molecule has 0 saturated heterocycles. The highest BCUT2D eigenvalue weighted by Gasteiger charge is 2.20. The van der Waals surface area contributed by atoms with E-state index >= 15 is 0 Å². The van der Waals surface area contributed by atoms with Crippen LogP contribution < -0.4 is 9.26 Å². The van der Waals surface area contributed by atoms with Crippen molar-refractivity contribution in [3.63, 3.8) is 0 Å². The molecule has 0 aromatic heterocycles. The molecule has 0 radical (unpaired) electrons. The average molecular weight is 288 g/mol. The van der Waals surface area contributed by atoms with E-state index in [4.69, 9.17) is 30.1 Å². The first kappa shape index (κ1) is 15.2. The number of allylic oxidation sites excluding steroid dienone is 1. The largest absolute Gasteiger partial charge is 0.493 e. The molecule has 0 fully saturated rings. The van der Waals surface area contributed by atoms with E-state index in [9.17, 15) is 0 Å². The van der Waals surface area contributed by atoms with E-state index in [-0.39, 0.29) is 0 Å². The van der Waals surface area contributed by atoms with Crippen molar-refractivity contribution >= 4 is 24.6 Å². The maximum atomic E-state index is 5.59. The number of hydrogen-bond acceptors (Lipinski definition) is 5.